The highest BCUT2D eigenvalue weighted by Gasteiger charge is 2.51. The van der Waals surface area contributed by atoms with Gasteiger partial charge >= 0.3 is 5.97 Å². The van der Waals surface area contributed by atoms with Gasteiger partial charge in [0.15, 0.2) is 12.1 Å². The van der Waals surface area contributed by atoms with E-state index in [2.05, 4.69) is 17.6 Å². The Morgan fingerprint density at radius 2 is 1.80 bits per heavy atom. The largest absolute Gasteiger partial charge is 0.459 e. The molecule has 13 heteroatoms. The molecule has 2 rings (SSSR count). The topological polar surface area (TPSA) is 171 Å². The fraction of sp³-hybridized carbons (Fsp3) is 0.906. The first-order valence-corrected chi connectivity index (χ1v) is 16.2. The molecule has 0 aromatic rings. The Balaban J connectivity index is 2.61. The van der Waals surface area contributed by atoms with E-state index < -0.39 is 65.4 Å². The van der Waals surface area contributed by atoms with Gasteiger partial charge in [0.2, 0.25) is 6.41 Å². The van der Waals surface area contributed by atoms with Crippen molar-refractivity contribution in [1.82, 2.24) is 15.5 Å². The number of nitrogens with zero attached hydrogens (tertiary/aromatic N) is 1. The van der Waals surface area contributed by atoms with Crippen molar-refractivity contribution >= 4 is 18.2 Å². The van der Waals surface area contributed by atoms with Crippen LogP contribution in [0.1, 0.15) is 67.7 Å². The van der Waals surface area contributed by atoms with Gasteiger partial charge in [-0.25, -0.2) is 0 Å². The van der Waals surface area contributed by atoms with Crippen LogP contribution in [-0.2, 0) is 38.1 Å². The van der Waals surface area contributed by atoms with Crippen molar-refractivity contribution in [2.24, 2.45) is 23.5 Å². The van der Waals surface area contributed by atoms with Crippen LogP contribution in [0.15, 0.2) is 0 Å². The van der Waals surface area contributed by atoms with Crippen LogP contribution in [0, 0.1) is 17.8 Å². The number of aliphatic hydroxyl groups is 1. The number of Topliss-reactive ketones (excluding diaryl/α,β-unsaturated/α-hetero) is 1. The molecule has 0 aromatic carbocycles. The molecule has 2 unspecified atom stereocenters. The standard InChI is InChI=1S/C32H60N4O9/c1-12-24-32(7,42-11)27(35-17-37)21(5)34-16-18(2)14-31(6,41-10)28(19(3)25(38)20(4)29(40)44-24)45-30-26(39)23(36(8)9)13-22(15-33)43-30/h17-24,26-28,30,34,39H,12-16,33H2,1-11H3,(H,35,37)/t18-,19+,20?,21-,22+,23?,24-,26-,27-,28-,30+,31-,32-/m1/s1. The summed E-state index contributed by atoms with van der Waals surface area (Å²) < 4.78 is 30.8. The smallest absolute Gasteiger partial charge is 0.316 e. The van der Waals surface area contributed by atoms with Gasteiger partial charge in [-0.3, -0.25) is 14.4 Å². The number of amides is 1. The van der Waals surface area contributed by atoms with Crippen molar-refractivity contribution in [2.45, 2.75) is 128 Å². The van der Waals surface area contributed by atoms with E-state index in [1.165, 1.54) is 14.0 Å². The molecule has 1 amide bonds. The van der Waals surface area contributed by atoms with E-state index in [1.807, 2.05) is 39.8 Å². The average molecular weight is 645 g/mol. The van der Waals surface area contributed by atoms with Gasteiger partial charge in [0.1, 0.15) is 23.7 Å². The number of ketones is 1. The van der Waals surface area contributed by atoms with Gasteiger partial charge in [-0.15, -0.1) is 0 Å². The third kappa shape index (κ3) is 9.01. The van der Waals surface area contributed by atoms with Crippen LogP contribution in [0.25, 0.3) is 0 Å². The molecule has 13 nitrogen and oxygen atoms in total. The SMILES string of the molecule is CC[C@H]1OC(=O)C(C)C(=O)[C@H](C)[C@@H](O[C@@H]2O[C@H](CN)CC(N(C)C)[C@H]2O)[C@](C)(OC)C[C@@H](C)CN[C@H](C)[C@@H](NC=O)[C@]1(C)OC. The zero-order valence-electron chi connectivity index (χ0n) is 29.2. The highest BCUT2D eigenvalue weighted by atomic mass is 16.7. The molecule has 2 saturated heterocycles. The highest BCUT2D eigenvalue weighted by molar-refractivity contribution is 6.00. The summed E-state index contributed by atoms with van der Waals surface area (Å²) >= 11 is 0. The van der Waals surface area contributed by atoms with Crippen LogP contribution in [0.3, 0.4) is 0 Å². The van der Waals surface area contributed by atoms with E-state index in [-0.39, 0.29) is 30.7 Å². The first-order chi connectivity index (χ1) is 21.0. The quantitative estimate of drug-likeness (QED) is 0.159. The van der Waals surface area contributed by atoms with Crippen molar-refractivity contribution < 1.29 is 43.2 Å². The number of methoxy groups -OCH3 is 2. The summed E-state index contributed by atoms with van der Waals surface area (Å²) in [6.07, 6.45) is -2.19. The van der Waals surface area contributed by atoms with E-state index >= 15 is 0 Å². The normalized spacial score (nSPS) is 42.8. The summed E-state index contributed by atoms with van der Waals surface area (Å²) in [5.74, 6) is -3.11. The minimum Gasteiger partial charge on any atom is -0.459 e. The van der Waals surface area contributed by atoms with Crippen LogP contribution >= 0.6 is 0 Å². The molecule has 0 spiro atoms. The van der Waals surface area contributed by atoms with Crippen molar-refractivity contribution in [2.75, 3.05) is 41.4 Å². The molecule has 2 aliphatic heterocycles. The molecule has 45 heavy (non-hydrogen) atoms. The molecular formula is C32H60N4O9. The third-order valence-electron chi connectivity index (χ3n) is 10.1. The summed E-state index contributed by atoms with van der Waals surface area (Å²) in [6.45, 7) is 13.5. The van der Waals surface area contributed by atoms with Gasteiger partial charge in [-0.2, -0.15) is 0 Å². The van der Waals surface area contributed by atoms with E-state index in [0.29, 0.717) is 32.2 Å². The molecule has 2 heterocycles. The number of nitrogens with two attached hydrogens (primary N) is 1. The zero-order valence-corrected chi connectivity index (χ0v) is 29.2. The Kier molecular flexibility index (Phi) is 14.8. The molecule has 0 bridgehead atoms. The number of esters is 1. The number of hydrogen-bond acceptors (Lipinski definition) is 12. The lowest BCUT2D eigenvalue weighted by molar-refractivity contribution is -0.296. The van der Waals surface area contributed by atoms with E-state index in [4.69, 9.17) is 29.4 Å². The van der Waals surface area contributed by atoms with Crippen LogP contribution in [0.2, 0.25) is 0 Å². The molecule has 0 saturated carbocycles. The number of carbonyl (C=O) groups excluding carboxylic acids is 3. The van der Waals surface area contributed by atoms with Crippen LogP contribution < -0.4 is 16.4 Å². The van der Waals surface area contributed by atoms with Gasteiger partial charge in [0, 0.05) is 38.8 Å². The number of hydrogen-bond donors (Lipinski definition) is 4. The predicted octanol–water partition coefficient (Wildman–Crippen LogP) is 0.842. The first kappa shape index (κ1) is 39.5. The Bertz CT molecular complexity index is 973. The second kappa shape index (κ2) is 16.9. The van der Waals surface area contributed by atoms with Crippen molar-refractivity contribution in [3.63, 3.8) is 0 Å². The first-order valence-electron chi connectivity index (χ1n) is 16.2. The second-order valence-electron chi connectivity index (χ2n) is 13.6. The summed E-state index contributed by atoms with van der Waals surface area (Å²) in [6, 6.07) is -1.15. The molecular weight excluding hydrogens is 584 g/mol. The maximum absolute atomic E-state index is 14.1. The highest BCUT2D eigenvalue weighted by Crippen LogP contribution is 2.37. The lowest BCUT2D eigenvalue weighted by atomic mass is 9.78. The summed E-state index contributed by atoms with van der Waals surface area (Å²) in [5, 5.41) is 17.7. The van der Waals surface area contributed by atoms with Crippen molar-refractivity contribution in [3.8, 4) is 0 Å². The molecule has 0 aromatic heterocycles. The molecule has 0 aliphatic carbocycles. The lowest BCUT2D eigenvalue weighted by Gasteiger charge is -2.47. The van der Waals surface area contributed by atoms with Crippen LogP contribution in [0.4, 0.5) is 0 Å². The average Bonchev–Trinajstić information content (AvgIpc) is 3.02. The number of cyclic esters (lactones) is 1. The van der Waals surface area contributed by atoms with E-state index in [1.54, 1.807) is 21.0 Å². The van der Waals surface area contributed by atoms with E-state index in [9.17, 15) is 19.5 Å². The Morgan fingerprint density at radius 1 is 1.16 bits per heavy atom. The number of aliphatic hydroxyl groups excluding tert-OH is 1. The van der Waals surface area contributed by atoms with Gasteiger partial charge in [-0.05, 0) is 73.5 Å². The van der Waals surface area contributed by atoms with Crippen LogP contribution in [-0.4, -0.2) is 130 Å². The Morgan fingerprint density at radius 3 is 2.31 bits per heavy atom. The minimum atomic E-state index is -1.15. The molecule has 0 radical (unpaired) electrons. The number of carbonyl (C=O) groups is 3. The Hall–Kier alpha value is -1.71. The molecule has 5 N–H and O–H groups in total. The van der Waals surface area contributed by atoms with Gasteiger partial charge in [0.05, 0.1) is 23.9 Å². The second-order valence-corrected chi connectivity index (χ2v) is 13.6. The fourth-order valence-electron chi connectivity index (χ4n) is 7.06. The maximum Gasteiger partial charge on any atom is 0.316 e. The number of likely N-dealkylation sites (N-methyl/N-ethyl adjacent to an activating group) is 1. The van der Waals surface area contributed by atoms with Gasteiger partial charge in [0.25, 0.3) is 0 Å². The summed E-state index contributed by atoms with van der Waals surface area (Å²) in [4.78, 5) is 41.3. The van der Waals surface area contributed by atoms with Crippen molar-refractivity contribution in [3.05, 3.63) is 0 Å². The van der Waals surface area contributed by atoms with Gasteiger partial charge in [-0.1, -0.05) is 20.8 Å². The number of rotatable bonds is 9. The number of nitrogens with one attached hydrogen (secondary N) is 2. The van der Waals surface area contributed by atoms with E-state index in [0.717, 1.165) is 0 Å². The molecule has 13 atom stereocenters. The summed E-state index contributed by atoms with van der Waals surface area (Å²) in [7, 11) is 6.82. The monoisotopic (exact) mass is 644 g/mol. The van der Waals surface area contributed by atoms with Gasteiger partial charge < -0.3 is 50.1 Å². The molecule has 262 valence electrons. The summed E-state index contributed by atoms with van der Waals surface area (Å²) in [5.41, 5.74) is 3.83. The zero-order chi connectivity index (χ0) is 34.3. The Labute approximate surface area is 269 Å². The molecule has 2 fully saturated rings. The fourth-order valence-corrected chi connectivity index (χ4v) is 7.06. The van der Waals surface area contributed by atoms with Crippen molar-refractivity contribution in [1.29, 1.82) is 0 Å². The van der Waals surface area contributed by atoms with Crippen LogP contribution in [0.5, 0.6) is 0 Å². The number of ether oxygens (including phenoxy) is 5. The predicted molar refractivity (Wildman–Crippen MR) is 169 cm³/mol. The lowest BCUT2D eigenvalue weighted by Crippen LogP contribution is -2.65. The molecule has 2 aliphatic rings. The third-order valence-corrected chi connectivity index (χ3v) is 10.1. The maximum atomic E-state index is 14.1. The minimum absolute atomic E-state index is 0.00222.